The first-order valence-corrected chi connectivity index (χ1v) is 23.1. The molecule has 0 aliphatic heterocycles. The molecule has 2 heteroatoms. The quantitative estimate of drug-likeness (QED) is 0.151. The van der Waals surface area contributed by atoms with Crippen LogP contribution in [0.5, 0.6) is 0 Å². The maximum absolute atomic E-state index is 6.62. The number of furan rings is 1. The largest absolute Gasteiger partial charge is 0.455 e. The van der Waals surface area contributed by atoms with Crippen LogP contribution >= 0.6 is 0 Å². The Morgan fingerprint density at radius 2 is 0.896 bits per heavy atom. The van der Waals surface area contributed by atoms with Crippen LogP contribution in [0.3, 0.4) is 0 Å². The first-order valence-electron chi connectivity index (χ1n) is 23.1. The summed E-state index contributed by atoms with van der Waals surface area (Å²) in [4.78, 5) is 2.49. The molecule has 0 spiro atoms. The molecule has 1 aliphatic carbocycles. The van der Waals surface area contributed by atoms with E-state index in [4.69, 9.17) is 4.42 Å². The Hall–Kier alpha value is -8.72. The number of nitrogens with zero attached hydrogens (tertiary/aromatic N) is 1. The highest BCUT2D eigenvalue weighted by molar-refractivity contribution is 6.16. The van der Waals surface area contributed by atoms with Crippen LogP contribution in [0.15, 0.2) is 265 Å². The fraction of sp³-hybridized carbons (Fsp3) is 0.0154. The van der Waals surface area contributed by atoms with Crippen molar-refractivity contribution < 1.29 is 4.42 Å². The fourth-order valence-electron chi connectivity index (χ4n) is 11.0. The Morgan fingerprint density at radius 3 is 1.66 bits per heavy atom. The highest BCUT2D eigenvalue weighted by Crippen LogP contribution is 2.60. The lowest BCUT2D eigenvalue weighted by molar-refractivity contribution is 0.672. The van der Waals surface area contributed by atoms with Crippen molar-refractivity contribution in [2.45, 2.75) is 5.41 Å². The first-order chi connectivity index (χ1) is 33.2. The number of hydrogen-bond donors (Lipinski definition) is 0. The highest BCUT2D eigenvalue weighted by Gasteiger charge is 2.47. The molecular formula is C65H43NO. The van der Waals surface area contributed by atoms with E-state index < -0.39 is 5.41 Å². The number of anilines is 3. The topological polar surface area (TPSA) is 16.4 Å². The Labute approximate surface area is 390 Å². The van der Waals surface area contributed by atoms with Crippen LogP contribution in [0.1, 0.15) is 22.3 Å². The molecule has 0 unspecified atom stereocenters. The minimum atomic E-state index is -0.541. The molecule has 1 aliphatic rings. The lowest BCUT2D eigenvalue weighted by Crippen LogP contribution is -2.28. The number of rotatable bonds is 8. The Kier molecular flexibility index (Phi) is 9.11. The number of fused-ring (bicyclic) bond motifs is 8. The monoisotopic (exact) mass is 853 g/mol. The molecule has 67 heavy (non-hydrogen) atoms. The Morgan fingerprint density at radius 1 is 0.328 bits per heavy atom. The summed E-state index contributed by atoms with van der Waals surface area (Å²) >= 11 is 0. The summed E-state index contributed by atoms with van der Waals surface area (Å²) < 4.78 is 6.62. The lowest BCUT2D eigenvalue weighted by Gasteiger charge is -2.34. The summed E-state index contributed by atoms with van der Waals surface area (Å²) in [5.41, 5.74) is 19.0. The summed E-state index contributed by atoms with van der Waals surface area (Å²) in [5, 5.41) is 4.52. The second-order valence-corrected chi connectivity index (χ2v) is 17.5. The molecule has 0 saturated heterocycles. The zero-order valence-corrected chi connectivity index (χ0v) is 36.7. The van der Waals surface area contributed by atoms with Gasteiger partial charge in [-0.3, -0.25) is 0 Å². The standard InChI is InChI=1S/C65H43NO/c1-4-18-44(19-5-1)47-21-16-22-48(42-47)45-34-38-52(39-35-45)66(60-32-15-13-27-53(60)49-37-41-62-57(43-49)55-40-36-46-20-10-11-28-54(46)64(55)67-62)61-33-17-31-59-63(61)56-29-12-14-30-58(56)65(59,50-23-6-2-7-24-50)51-25-8-3-9-26-51/h1-43H. The molecular weight excluding hydrogens is 811 g/mol. The molecule has 1 aromatic heterocycles. The minimum absolute atomic E-state index is 0.541. The van der Waals surface area contributed by atoms with Crippen molar-refractivity contribution in [3.63, 3.8) is 0 Å². The molecule has 0 N–H and O–H groups in total. The minimum Gasteiger partial charge on any atom is -0.455 e. The molecule has 0 saturated carbocycles. The summed E-state index contributed by atoms with van der Waals surface area (Å²) in [6.07, 6.45) is 0. The van der Waals surface area contributed by atoms with E-state index in [1.807, 2.05) is 0 Å². The summed E-state index contributed by atoms with van der Waals surface area (Å²) in [7, 11) is 0. The van der Waals surface area contributed by atoms with Gasteiger partial charge in [-0.1, -0.05) is 212 Å². The van der Waals surface area contributed by atoms with E-state index >= 15 is 0 Å². The van der Waals surface area contributed by atoms with Gasteiger partial charge in [0, 0.05) is 33.0 Å². The number of hydrogen-bond acceptors (Lipinski definition) is 2. The van der Waals surface area contributed by atoms with Crippen molar-refractivity contribution in [1.29, 1.82) is 0 Å². The maximum atomic E-state index is 6.62. The third-order valence-corrected chi connectivity index (χ3v) is 13.9. The molecule has 11 aromatic carbocycles. The maximum Gasteiger partial charge on any atom is 0.143 e. The van der Waals surface area contributed by atoms with E-state index in [9.17, 15) is 0 Å². The van der Waals surface area contributed by atoms with Gasteiger partial charge in [-0.05, 0) is 110 Å². The first kappa shape index (κ1) is 38.7. The van der Waals surface area contributed by atoms with E-state index in [1.165, 1.54) is 55.5 Å². The highest BCUT2D eigenvalue weighted by atomic mass is 16.3. The Balaban J connectivity index is 1.04. The van der Waals surface area contributed by atoms with E-state index in [1.54, 1.807) is 0 Å². The molecule has 0 fully saturated rings. The molecule has 0 atom stereocenters. The van der Waals surface area contributed by atoms with Crippen molar-refractivity contribution >= 4 is 49.8 Å². The van der Waals surface area contributed by atoms with Crippen molar-refractivity contribution in [3.05, 3.63) is 283 Å². The molecule has 2 nitrogen and oxygen atoms in total. The van der Waals surface area contributed by atoms with Gasteiger partial charge in [0.05, 0.1) is 16.8 Å². The summed E-state index contributed by atoms with van der Waals surface area (Å²) in [6.45, 7) is 0. The van der Waals surface area contributed by atoms with Crippen LogP contribution in [-0.4, -0.2) is 0 Å². The zero-order valence-electron chi connectivity index (χ0n) is 36.7. The molecule has 12 aromatic rings. The fourth-order valence-corrected chi connectivity index (χ4v) is 11.0. The average Bonchev–Trinajstić information content (AvgIpc) is 3.94. The molecule has 1 heterocycles. The van der Waals surface area contributed by atoms with Crippen molar-refractivity contribution in [3.8, 4) is 44.5 Å². The van der Waals surface area contributed by atoms with Gasteiger partial charge in [0.2, 0.25) is 0 Å². The predicted octanol–water partition coefficient (Wildman–Crippen LogP) is 17.6. The number of benzene rings is 11. The smallest absolute Gasteiger partial charge is 0.143 e. The molecule has 314 valence electrons. The SMILES string of the molecule is c1ccc(-c2cccc(-c3ccc(N(c4ccccc4-c4ccc5oc6c7ccccc7ccc6c5c4)c4cccc5c4-c4ccccc4C5(c4ccccc4)c4ccccc4)cc3)c2)cc1. The molecule has 0 bridgehead atoms. The van der Waals surface area contributed by atoms with E-state index in [0.29, 0.717) is 0 Å². The van der Waals surface area contributed by atoms with E-state index in [-0.39, 0.29) is 0 Å². The van der Waals surface area contributed by atoms with Crippen molar-refractivity contribution in [1.82, 2.24) is 0 Å². The number of para-hydroxylation sites is 1. The average molecular weight is 854 g/mol. The van der Waals surface area contributed by atoms with Gasteiger partial charge >= 0.3 is 0 Å². The van der Waals surface area contributed by atoms with Gasteiger partial charge in [-0.15, -0.1) is 0 Å². The van der Waals surface area contributed by atoms with Crippen LogP contribution in [0.2, 0.25) is 0 Å². The van der Waals surface area contributed by atoms with Gasteiger partial charge in [-0.25, -0.2) is 0 Å². The lowest BCUT2D eigenvalue weighted by atomic mass is 9.68. The molecule has 13 rings (SSSR count). The van der Waals surface area contributed by atoms with Gasteiger partial charge in [0.1, 0.15) is 11.2 Å². The molecule has 0 amide bonds. The molecule has 0 radical (unpaired) electrons. The van der Waals surface area contributed by atoms with Crippen LogP contribution in [-0.2, 0) is 5.41 Å². The Bertz CT molecular complexity index is 3760. The van der Waals surface area contributed by atoms with Crippen LogP contribution in [0.4, 0.5) is 17.1 Å². The van der Waals surface area contributed by atoms with Gasteiger partial charge in [0.25, 0.3) is 0 Å². The van der Waals surface area contributed by atoms with Crippen molar-refractivity contribution in [2.75, 3.05) is 4.90 Å². The van der Waals surface area contributed by atoms with Gasteiger partial charge < -0.3 is 9.32 Å². The summed E-state index contributed by atoms with van der Waals surface area (Å²) in [6, 6.07) is 95.1. The van der Waals surface area contributed by atoms with E-state index in [0.717, 1.165) is 61.1 Å². The second-order valence-electron chi connectivity index (χ2n) is 17.5. The summed E-state index contributed by atoms with van der Waals surface area (Å²) in [5.74, 6) is 0. The van der Waals surface area contributed by atoms with Gasteiger partial charge in [-0.2, -0.15) is 0 Å². The van der Waals surface area contributed by atoms with Gasteiger partial charge in [0.15, 0.2) is 0 Å². The van der Waals surface area contributed by atoms with Crippen LogP contribution in [0.25, 0.3) is 77.2 Å². The normalized spacial score (nSPS) is 12.6. The van der Waals surface area contributed by atoms with E-state index in [2.05, 4.69) is 266 Å². The van der Waals surface area contributed by atoms with Crippen molar-refractivity contribution in [2.24, 2.45) is 0 Å². The van der Waals surface area contributed by atoms with Crippen LogP contribution in [0, 0.1) is 0 Å². The third kappa shape index (κ3) is 6.18. The zero-order chi connectivity index (χ0) is 44.3. The second kappa shape index (κ2) is 15.8. The third-order valence-electron chi connectivity index (χ3n) is 13.9. The van der Waals surface area contributed by atoms with Crippen LogP contribution < -0.4 is 4.90 Å². The predicted molar refractivity (Wildman–Crippen MR) is 280 cm³/mol.